The van der Waals surface area contributed by atoms with E-state index in [-0.39, 0.29) is 23.2 Å². The Balaban J connectivity index is 1.68. The molecule has 0 saturated carbocycles. The van der Waals surface area contributed by atoms with Crippen molar-refractivity contribution in [3.05, 3.63) is 24.0 Å². The molecular weight excluding hydrogens is 295 g/mol. The number of hydrogen-bond acceptors (Lipinski definition) is 5. The molecule has 1 aromatic rings. The average Bonchev–Trinajstić information content (AvgIpc) is 2.66. The van der Waals surface area contributed by atoms with Crippen molar-refractivity contribution in [2.45, 2.75) is 45.0 Å². The standard InChI is InChI=1S/C16H23BN2O4/c1-15(2)16(3,4)23-17(22-15)11-6-7-13(18-8-11)14(20)19-9-12(10-19)21-5/h6-8,12H,9-10H2,1-5H3. The number of nitrogens with zero attached hydrogens (tertiary/aromatic N) is 2. The molecule has 3 heterocycles. The van der Waals surface area contributed by atoms with E-state index in [1.54, 1.807) is 24.3 Å². The number of ether oxygens (including phenoxy) is 1. The van der Waals surface area contributed by atoms with Crippen molar-refractivity contribution in [3.63, 3.8) is 0 Å². The molecule has 124 valence electrons. The first kappa shape index (κ1) is 16.4. The van der Waals surface area contributed by atoms with Gasteiger partial charge in [-0.1, -0.05) is 6.07 Å². The van der Waals surface area contributed by atoms with Gasteiger partial charge in [-0.25, -0.2) is 0 Å². The van der Waals surface area contributed by atoms with Gasteiger partial charge in [0, 0.05) is 31.9 Å². The molecule has 0 unspecified atom stereocenters. The molecule has 1 amide bonds. The molecule has 23 heavy (non-hydrogen) atoms. The van der Waals surface area contributed by atoms with Crippen LogP contribution in [-0.2, 0) is 14.0 Å². The lowest BCUT2D eigenvalue weighted by Crippen LogP contribution is -2.54. The molecule has 0 atom stereocenters. The summed E-state index contributed by atoms with van der Waals surface area (Å²) < 4.78 is 17.2. The van der Waals surface area contributed by atoms with Crippen LogP contribution in [0.1, 0.15) is 38.2 Å². The van der Waals surface area contributed by atoms with Crippen LogP contribution >= 0.6 is 0 Å². The summed E-state index contributed by atoms with van der Waals surface area (Å²) in [6.07, 6.45) is 1.80. The second-order valence-corrected chi connectivity index (χ2v) is 7.13. The van der Waals surface area contributed by atoms with E-state index in [1.165, 1.54) is 0 Å². The molecule has 3 rings (SSSR count). The maximum atomic E-state index is 12.3. The number of pyridine rings is 1. The molecule has 2 aliphatic heterocycles. The summed E-state index contributed by atoms with van der Waals surface area (Å²) in [6, 6.07) is 3.57. The maximum Gasteiger partial charge on any atom is 0.496 e. The first-order valence-corrected chi connectivity index (χ1v) is 7.87. The van der Waals surface area contributed by atoms with Crippen LogP contribution in [0.5, 0.6) is 0 Å². The Kier molecular flexibility index (Phi) is 3.98. The van der Waals surface area contributed by atoms with Crippen LogP contribution in [-0.4, -0.2) is 60.4 Å². The topological polar surface area (TPSA) is 60.9 Å². The fourth-order valence-corrected chi connectivity index (χ4v) is 2.57. The highest BCUT2D eigenvalue weighted by atomic mass is 16.7. The van der Waals surface area contributed by atoms with Crippen molar-refractivity contribution in [1.29, 1.82) is 0 Å². The second kappa shape index (κ2) is 5.58. The van der Waals surface area contributed by atoms with Crippen LogP contribution in [0.25, 0.3) is 0 Å². The number of amides is 1. The van der Waals surface area contributed by atoms with Crippen molar-refractivity contribution in [3.8, 4) is 0 Å². The molecule has 2 aliphatic rings. The van der Waals surface area contributed by atoms with Crippen LogP contribution in [0.15, 0.2) is 18.3 Å². The van der Waals surface area contributed by atoms with Crippen LogP contribution in [0, 0.1) is 0 Å². The van der Waals surface area contributed by atoms with Gasteiger partial charge in [0.2, 0.25) is 0 Å². The summed E-state index contributed by atoms with van der Waals surface area (Å²) in [7, 11) is 1.20. The molecule has 2 saturated heterocycles. The Labute approximate surface area is 137 Å². The van der Waals surface area contributed by atoms with Gasteiger partial charge in [-0.2, -0.15) is 0 Å². The lowest BCUT2D eigenvalue weighted by atomic mass is 9.80. The molecule has 7 heteroatoms. The molecule has 0 aromatic carbocycles. The van der Waals surface area contributed by atoms with E-state index < -0.39 is 7.12 Å². The predicted octanol–water partition coefficient (Wildman–Crippen LogP) is 0.852. The molecule has 0 N–H and O–H groups in total. The predicted molar refractivity (Wildman–Crippen MR) is 86.7 cm³/mol. The zero-order valence-electron chi connectivity index (χ0n) is 14.3. The normalized spacial score (nSPS) is 23.0. The van der Waals surface area contributed by atoms with Gasteiger partial charge in [0.1, 0.15) is 5.69 Å². The third kappa shape index (κ3) is 2.89. The van der Waals surface area contributed by atoms with Crippen molar-refractivity contribution in [2.24, 2.45) is 0 Å². The molecule has 0 bridgehead atoms. The summed E-state index contributed by atoms with van der Waals surface area (Å²) in [5.41, 5.74) is 0.469. The van der Waals surface area contributed by atoms with Gasteiger partial charge in [0.25, 0.3) is 5.91 Å². The van der Waals surface area contributed by atoms with Crippen molar-refractivity contribution >= 4 is 18.5 Å². The SMILES string of the molecule is COC1CN(C(=O)c2ccc(B3OC(C)(C)C(C)(C)O3)cn2)C1. The third-order valence-corrected chi connectivity index (χ3v) is 5.00. The summed E-state index contributed by atoms with van der Waals surface area (Å²) >= 11 is 0. The first-order chi connectivity index (χ1) is 10.7. The summed E-state index contributed by atoms with van der Waals surface area (Å²) in [5.74, 6) is -0.0706. The zero-order chi connectivity index (χ0) is 16.8. The Hall–Kier alpha value is -1.44. The van der Waals surface area contributed by atoms with Crippen LogP contribution in [0.4, 0.5) is 0 Å². The number of carbonyl (C=O) groups is 1. The van der Waals surface area contributed by atoms with Crippen LogP contribution in [0.2, 0.25) is 0 Å². The lowest BCUT2D eigenvalue weighted by molar-refractivity contribution is -0.0194. The Bertz CT molecular complexity index is 581. The smallest absolute Gasteiger partial charge is 0.399 e. The third-order valence-electron chi connectivity index (χ3n) is 5.00. The average molecular weight is 318 g/mol. The van der Waals surface area contributed by atoms with Gasteiger partial charge < -0.3 is 18.9 Å². The number of rotatable bonds is 3. The van der Waals surface area contributed by atoms with Gasteiger partial charge in [-0.05, 0) is 33.8 Å². The molecule has 0 aliphatic carbocycles. The lowest BCUT2D eigenvalue weighted by Gasteiger charge is -2.37. The monoisotopic (exact) mass is 318 g/mol. The summed E-state index contributed by atoms with van der Waals surface area (Å²) in [4.78, 5) is 18.3. The Morgan fingerprint density at radius 1 is 1.26 bits per heavy atom. The minimum atomic E-state index is -0.460. The highest BCUT2D eigenvalue weighted by molar-refractivity contribution is 6.62. The van der Waals surface area contributed by atoms with Crippen LogP contribution < -0.4 is 5.46 Å². The number of carbonyl (C=O) groups excluding carboxylic acids is 1. The van der Waals surface area contributed by atoms with Gasteiger partial charge in [-0.15, -0.1) is 0 Å². The zero-order valence-corrected chi connectivity index (χ0v) is 14.3. The number of aromatic nitrogens is 1. The van der Waals surface area contributed by atoms with E-state index in [0.29, 0.717) is 18.8 Å². The van der Waals surface area contributed by atoms with E-state index in [2.05, 4.69) is 4.98 Å². The van der Waals surface area contributed by atoms with E-state index in [4.69, 9.17) is 14.0 Å². The number of methoxy groups -OCH3 is 1. The van der Waals surface area contributed by atoms with E-state index >= 15 is 0 Å². The maximum absolute atomic E-state index is 12.3. The van der Waals surface area contributed by atoms with Crippen molar-refractivity contribution in [2.75, 3.05) is 20.2 Å². The Morgan fingerprint density at radius 2 is 1.87 bits per heavy atom. The van der Waals surface area contributed by atoms with Gasteiger partial charge in [0.15, 0.2) is 0 Å². The van der Waals surface area contributed by atoms with Gasteiger partial charge >= 0.3 is 7.12 Å². The van der Waals surface area contributed by atoms with Crippen molar-refractivity contribution in [1.82, 2.24) is 9.88 Å². The Morgan fingerprint density at radius 3 is 2.35 bits per heavy atom. The molecule has 0 radical (unpaired) electrons. The van der Waals surface area contributed by atoms with Crippen molar-refractivity contribution < 1.29 is 18.8 Å². The number of hydrogen-bond donors (Lipinski definition) is 0. The molecule has 2 fully saturated rings. The van der Waals surface area contributed by atoms with E-state index in [9.17, 15) is 4.79 Å². The fraction of sp³-hybridized carbons (Fsp3) is 0.625. The van der Waals surface area contributed by atoms with E-state index in [0.717, 1.165) is 5.46 Å². The van der Waals surface area contributed by atoms with Gasteiger partial charge in [0.05, 0.1) is 17.3 Å². The van der Waals surface area contributed by atoms with Crippen LogP contribution in [0.3, 0.4) is 0 Å². The van der Waals surface area contributed by atoms with E-state index in [1.807, 2.05) is 33.8 Å². The highest BCUT2D eigenvalue weighted by Gasteiger charge is 2.51. The minimum absolute atomic E-state index is 0.0706. The first-order valence-electron chi connectivity index (χ1n) is 7.87. The molecular formula is C16H23BN2O4. The fourth-order valence-electron chi connectivity index (χ4n) is 2.57. The molecule has 0 spiro atoms. The van der Waals surface area contributed by atoms with Gasteiger partial charge in [-0.3, -0.25) is 9.78 Å². The number of likely N-dealkylation sites (tertiary alicyclic amines) is 1. The summed E-state index contributed by atoms with van der Waals surface area (Å²) in [5, 5.41) is 0. The molecule has 1 aromatic heterocycles. The quantitative estimate of drug-likeness (QED) is 0.774. The summed E-state index contributed by atoms with van der Waals surface area (Å²) in [6.45, 7) is 9.28. The second-order valence-electron chi connectivity index (χ2n) is 7.13. The largest absolute Gasteiger partial charge is 0.496 e. The minimum Gasteiger partial charge on any atom is -0.399 e. The highest BCUT2D eigenvalue weighted by Crippen LogP contribution is 2.36. The molecule has 6 nitrogen and oxygen atoms in total.